The summed E-state index contributed by atoms with van der Waals surface area (Å²) in [7, 11) is 0. The second-order valence-corrected chi connectivity index (χ2v) is 5.73. The van der Waals surface area contributed by atoms with Gasteiger partial charge in [0, 0.05) is 37.9 Å². The molecular formula is C15H20N4. The first-order chi connectivity index (χ1) is 9.26. The average molecular weight is 256 g/mol. The van der Waals surface area contributed by atoms with E-state index in [1.807, 2.05) is 12.1 Å². The van der Waals surface area contributed by atoms with Gasteiger partial charge in [0.15, 0.2) is 0 Å². The van der Waals surface area contributed by atoms with E-state index in [1.165, 1.54) is 31.5 Å². The van der Waals surface area contributed by atoms with Gasteiger partial charge in [-0.05, 0) is 44.0 Å². The third-order valence-corrected chi connectivity index (χ3v) is 4.39. The van der Waals surface area contributed by atoms with Crippen LogP contribution in [0.2, 0.25) is 0 Å². The molecule has 19 heavy (non-hydrogen) atoms. The van der Waals surface area contributed by atoms with E-state index in [4.69, 9.17) is 5.26 Å². The van der Waals surface area contributed by atoms with Gasteiger partial charge in [0.05, 0.1) is 0 Å². The van der Waals surface area contributed by atoms with Crippen molar-refractivity contribution >= 4 is 0 Å². The molecule has 0 spiro atoms. The van der Waals surface area contributed by atoms with Gasteiger partial charge in [-0.1, -0.05) is 0 Å². The molecule has 0 bridgehead atoms. The number of nitriles is 1. The summed E-state index contributed by atoms with van der Waals surface area (Å²) in [4.78, 5) is 9.21. The Kier molecular flexibility index (Phi) is 3.50. The predicted octanol–water partition coefficient (Wildman–Crippen LogP) is 1.62. The minimum Gasteiger partial charge on any atom is -0.298 e. The normalized spacial score (nSPS) is 28.0. The molecule has 2 aliphatic heterocycles. The Morgan fingerprint density at radius 1 is 1.47 bits per heavy atom. The summed E-state index contributed by atoms with van der Waals surface area (Å²) in [5, 5.41) is 8.91. The Balaban J connectivity index is 1.70. The van der Waals surface area contributed by atoms with Gasteiger partial charge in [-0.15, -0.1) is 0 Å². The molecule has 0 amide bonds. The highest BCUT2D eigenvalue weighted by atomic mass is 15.3. The number of hydrogen-bond acceptors (Lipinski definition) is 4. The van der Waals surface area contributed by atoms with Gasteiger partial charge in [0.2, 0.25) is 0 Å². The van der Waals surface area contributed by atoms with E-state index in [2.05, 4.69) is 27.8 Å². The quantitative estimate of drug-likeness (QED) is 0.806. The number of pyridine rings is 1. The van der Waals surface area contributed by atoms with Gasteiger partial charge in [-0.25, -0.2) is 4.98 Å². The molecular weight excluding hydrogens is 236 g/mol. The van der Waals surface area contributed by atoms with Crippen molar-refractivity contribution in [3.05, 3.63) is 29.6 Å². The van der Waals surface area contributed by atoms with Crippen molar-refractivity contribution in [1.82, 2.24) is 14.8 Å². The van der Waals surface area contributed by atoms with Gasteiger partial charge in [-0.2, -0.15) is 5.26 Å². The minimum absolute atomic E-state index is 0.518. The molecule has 2 fully saturated rings. The number of piperazine rings is 1. The van der Waals surface area contributed by atoms with E-state index in [0.29, 0.717) is 11.7 Å². The Morgan fingerprint density at radius 2 is 2.37 bits per heavy atom. The van der Waals surface area contributed by atoms with Crippen LogP contribution in [0.4, 0.5) is 0 Å². The first-order valence-corrected chi connectivity index (χ1v) is 7.09. The van der Waals surface area contributed by atoms with E-state index in [-0.39, 0.29) is 0 Å². The summed E-state index contributed by atoms with van der Waals surface area (Å²) in [5.41, 5.74) is 1.72. The van der Waals surface area contributed by atoms with Crippen LogP contribution >= 0.6 is 0 Å². The zero-order valence-electron chi connectivity index (χ0n) is 11.4. The molecule has 0 aromatic carbocycles. The van der Waals surface area contributed by atoms with E-state index >= 15 is 0 Å². The molecule has 4 nitrogen and oxygen atoms in total. The Bertz CT molecular complexity index is 493. The fourth-order valence-corrected chi connectivity index (χ4v) is 3.34. The van der Waals surface area contributed by atoms with Crippen molar-refractivity contribution in [3.8, 4) is 6.07 Å². The summed E-state index contributed by atoms with van der Waals surface area (Å²) in [5.74, 6) is 0. The lowest BCUT2D eigenvalue weighted by molar-refractivity contribution is 0.0540. The zero-order chi connectivity index (χ0) is 13.2. The smallest absolute Gasteiger partial charge is 0.140 e. The number of fused-ring (bicyclic) bond motifs is 1. The summed E-state index contributed by atoms with van der Waals surface area (Å²) in [6.45, 7) is 6.85. The Labute approximate surface area is 114 Å². The van der Waals surface area contributed by atoms with E-state index in [9.17, 15) is 0 Å². The van der Waals surface area contributed by atoms with Crippen molar-refractivity contribution in [2.24, 2.45) is 0 Å². The third kappa shape index (κ3) is 2.63. The van der Waals surface area contributed by atoms with Crippen LogP contribution in [0, 0.1) is 11.3 Å². The predicted molar refractivity (Wildman–Crippen MR) is 73.4 cm³/mol. The van der Waals surface area contributed by atoms with Gasteiger partial charge in [0.25, 0.3) is 0 Å². The number of rotatable bonds is 2. The molecule has 0 radical (unpaired) electrons. The Morgan fingerprint density at radius 3 is 3.21 bits per heavy atom. The average Bonchev–Trinajstić information content (AvgIpc) is 2.86. The molecule has 2 unspecified atom stereocenters. The van der Waals surface area contributed by atoms with Gasteiger partial charge >= 0.3 is 0 Å². The molecule has 4 heteroatoms. The monoisotopic (exact) mass is 256 g/mol. The van der Waals surface area contributed by atoms with Crippen LogP contribution in [0.15, 0.2) is 18.3 Å². The van der Waals surface area contributed by atoms with E-state index in [1.54, 1.807) is 6.20 Å². The molecule has 1 aromatic rings. The van der Waals surface area contributed by atoms with E-state index in [0.717, 1.165) is 19.1 Å². The summed E-state index contributed by atoms with van der Waals surface area (Å²) in [6, 6.07) is 7.38. The summed E-state index contributed by atoms with van der Waals surface area (Å²) >= 11 is 0. The first kappa shape index (κ1) is 12.6. The van der Waals surface area contributed by atoms with Crippen LogP contribution in [-0.4, -0.2) is 46.5 Å². The zero-order valence-corrected chi connectivity index (χ0v) is 11.4. The lowest BCUT2D eigenvalue weighted by atomic mass is 10.1. The van der Waals surface area contributed by atoms with Crippen molar-refractivity contribution in [1.29, 1.82) is 5.26 Å². The van der Waals surface area contributed by atoms with E-state index < -0.39 is 0 Å². The molecule has 0 saturated carbocycles. The molecule has 100 valence electrons. The highest BCUT2D eigenvalue weighted by molar-refractivity contribution is 5.25. The number of hydrogen-bond donors (Lipinski definition) is 0. The van der Waals surface area contributed by atoms with Crippen LogP contribution in [-0.2, 0) is 6.54 Å². The SMILES string of the molecule is CC1CN2CCCC2CN1Cc1ccnc(C#N)c1. The maximum absolute atomic E-state index is 8.91. The number of aromatic nitrogens is 1. The lowest BCUT2D eigenvalue weighted by Gasteiger charge is -2.42. The highest BCUT2D eigenvalue weighted by Gasteiger charge is 2.34. The largest absolute Gasteiger partial charge is 0.298 e. The van der Waals surface area contributed by atoms with Gasteiger partial charge in [0.1, 0.15) is 11.8 Å². The molecule has 3 rings (SSSR count). The van der Waals surface area contributed by atoms with Crippen molar-refractivity contribution in [2.45, 2.75) is 38.4 Å². The van der Waals surface area contributed by atoms with Crippen molar-refractivity contribution in [2.75, 3.05) is 19.6 Å². The van der Waals surface area contributed by atoms with Crippen molar-refractivity contribution in [3.63, 3.8) is 0 Å². The van der Waals surface area contributed by atoms with Gasteiger partial charge < -0.3 is 0 Å². The van der Waals surface area contributed by atoms with Gasteiger partial charge in [-0.3, -0.25) is 9.80 Å². The summed E-state index contributed by atoms with van der Waals surface area (Å²) in [6.07, 6.45) is 4.42. The van der Waals surface area contributed by atoms with Crippen LogP contribution < -0.4 is 0 Å². The number of nitrogens with zero attached hydrogens (tertiary/aromatic N) is 4. The molecule has 3 heterocycles. The van der Waals surface area contributed by atoms with Crippen LogP contribution in [0.5, 0.6) is 0 Å². The van der Waals surface area contributed by atoms with Crippen LogP contribution in [0.25, 0.3) is 0 Å². The first-order valence-electron chi connectivity index (χ1n) is 7.09. The highest BCUT2D eigenvalue weighted by Crippen LogP contribution is 2.25. The molecule has 2 saturated heterocycles. The molecule has 2 aliphatic rings. The van der Waals surface area contributed by atoms with Crippen LogP contribution in [0.1, 0.15) is 31.0 Å². The third-order valence-electron chi connectivity index (χ3n) is 4.39. The maximum atomic E-state index is 8.91. The fraction of sp³-hybridized carbons (Fsp3) is 0.600. The Hall–Kier alpha value is -1.44. The molecule has 0 N–H and O–H groups in total. The van der Waals surface area contributed by atoms with Crippen molar-refractivity contribution < 1.29 is 0 Å². The molecule has 1 aromatic heterocycles. The summed E-state index contributed by atoms with van der Waals surface area (Å²) < 4.78 is 0. The fourth-order valence-electron chi connectivity index (χ4n) is 3.34. The minimum atomic E-state index is 0.518. The molecule has 2 atom stereocenters. The standard InChI is InChI=1S/C15H20N4/c1-12-9-18-6-2-3-15(18)11-19(12)10-13-4-5-17-14(7-13)8-16/h4-5,7,12,15H,2-3,6,9-11H2,1H3. The second-order valence-electron chi connectivity index (χ2n) is 5.73. The second kappa shape index (κ2) is 5.28. The maximum Gasteiger partial charge on any atom is 0.140 e. The van der Waals surface area contributed by atoms with Crippen LogP contribution in [0.3, 0.4) is 0 Å². The molecule has 0 aliphatic carbocycles. The topological polar surface area (TPSA) is 43.2 Å². The lowest BCUT2D eigenvalue weighted by Crippen LogP contribution is -2.54.